The summed E-state index contributed by atoms with van der Waals surface area (Å²) < 4.78 is 19.1. The summed E-state index contributed by atoms with van der Waals surface area (Å²) in [5.41, 5.74) is 0.609. The van der Waals surface area contributed by atoms with Gasteiger partial charge in [-0.15, -0.1) is 0 Å². The van der Waals surface area contributed by atoms with Crippen LogP contribution in [0.15, 0.2) is 51.7 Å². The Balaban J connectivity index is 2.00. The molecule has 2 unspecified atom stereocenters. The van der Waals surface area contributed by atoms with Crippen LogP contribution in [0.2, 0.25) is 5.02 Å². The third-order valence-electron chi connectivity index (χ3n) is 4.57. The van der Waals surface area contributed by atoms with Gasteiger partial charge in [-0.1, -0.05) is 23.7 Å². The lowest BCUT2D eigenvalue weighted by molar-refractivity contribution is 0.0611. The van der Waals surface area contributed by atoms with E-state index in [4.69, 9.17) is 16.0 Å². The first kappa shape index (κ1) is 17.7. The molecule has 4 rings (SSSR count). The van der Waals surface area contributed by atoms with Crippen LogP contribution in [0.5, 0.6) is 0 Å². The van der Waals surface area contributed by atoms with Crippen LogP contribution in [0.4, 0.5) is 4.39 Å². The van der Waals surface area contributed by atoms with Crippen LogP contribution >= 0.6 is 11.6 Å². The number of aliphatic hydroxyl groups is 1. The van der Waals surface area contributed by atoms with Crippen molar-refractivity contribution in [1.29, 1.82) is 0 Å². The highest BCUT2D eigenvalue weighted by Crippen LogP contribution is 2.38. The van der Waals surface area contributed by atoms with E-state index in [-0.39, 0.29) is 34.3 Å². The second kappa shape index (κ2) is 6.48. The van der Waals surface area contributed by atoms with E-state index >= 15 is 0 Å². The van der Waals surface area contributed by atoms with Gasteiger partial charge in [0.25, 0.3) is 5.91 Å². The summed E-state index contributed by atoms with van der Waals surface area (Å²) in [6.45, 7) is 1.55. The number of nitrogens with zero attached hydrogens (tertiary/aromatic N) is 1. The van der Waals surface area contributed by atoms with Gasteiger partial charge < -0.3 is 14.4 Å². The van der Waals surface area contributed by atoms with Crippen LogP contribution in [-0.2, 0) is 0 Å². The Morgan fingerprint density at radius 3 is 2.59 bits per heavy atom. The quantitative estimate of drug-likeness (QED) is 0.746. The molecule has 5 nitrogen and oxygen atoms in total. The van der Waals surface area contributed by atoms with E-state index in [0.29, 0.717) is 10.6 Å². The Kier molecular flexibility index (Phi) is 4.25. The molecule has 1 aliphatic heterocycles. The summed E-state index contributed by atoms with van der Waals surface area (Å²) in [6.07, 6.45) is -0.815. The van der Waals surface area contributed by atoms with Crippen molar-refractivity contribution in [2.45, 2.75) is 19.1 Å². The molecular weight excluding hydrogens is 373 g/mol. The summed E-state index contributed by atoms with van der Waals surface area (Å²) in [5, 5.41) is 10.5. The third-order valence-corrected chi connectivity index (χ3v) is 4.81. The first-order chi connectivity index (χ1) is 12.9. The van der Waals surface area contributed by atoms with Gasteiger partial charge in [0.05, 0.1) is 23.1 Å². The largest absolute Gasteiger partial charge is 0.450 e. The number of rotatable bonds is 3. The number of carbonyl (C=O) groups excluding carboxylic acids is 1. The van der Waals surface area contributed by atoms with E-state index in [0.717, 1.165) is 0 Å². The second-order valence-corrected chi connectivity index (χ2v) is 7.01. The molecule has 3 aromatic rings. The van der Waals surface area contributed by atoms with Crippen molar-refractivity contribution in [2.75, 3.05) is 6.54 Å². The number of fused-ring (bicyclic) bond motifs is 2. The second-order valence-electron chi connectivity index (χ2n) is 6.58. The monoisotopic (exact) mass is 387 g/mol. The van der Waals surface area contributed by atoms with Crippen molar-refractivity contribution in [2.24, 2.45) is 0 Å². The molecule has 0 saturated heterocycles. The highest BCUT2D eigenvalue weighted by Gasteiger charge is 2.43. The molecule has 0 spiro atoms. The van der Waals surface area contributed by atoms with Gasteiger partial charge in [0, 0.05) is 11.6 Å². The highest BCUT2D eigenvalue weighted by molar-refractivity contribution is 6.31. The Hall–Kier alpha value is -2.70. The number of benzene rings is 2. The average Bonchev–Trinajstić information content (AvgIpc) is 2.89. The van der Waals surface area contributed by atoms with Gasteiger partial charge in [-0.05, 0) is 42.8 Å². The van der Waals surface area contributed by atoms with Gasteiger partial charge in [0.1, 0.15) is 11.4 Å². The Bertz CT molecular complexity index is 1110. The van der Waals surface area contributed by atoms with Crippen molar-refractivity contribution in [3.05, 3.63) is 80.4 Å². The summed E-state index contributed by atoms with van der Waals surface area (Å²) in [4.78, 5) is 27.5. The molecule has 0 fully saturated rings. The molecule has 138 valence electrons. The SMILES string of the molecule is CC(O)CN1C(=O)c2oc3ccc(Cl)cc3c(=O)c2C1c1ccc(F)cc1. The van der Waals surface area contributed by atoms with E-state index in [2.05, 4.69) is 0 Å². The average molecular weight is 388 g/mol. The number of carbonyl (C=O) groups is 1. The molecule has 0 aliphatic carbocycles. The first-order valence-electron chi connectivity index (χ1n) is 8.37. The number of halogens is 2. The van der Waals surface area contributed by atoms with Gasteiger partial charge in [0.2, 0.25) is 5.76 Å². The molecule has 1 amide bonds. The molecule has 1 N–H and O–H groups in total. The van der Waals surface area contributed by atoms with Crippen molar-refractivity contribution < 1.29 is 18.7 Å². The Labute approximate surface area is 158 Å². The lowest BCUT2D eigenvalue weighted by Crippen LogP contribution is -2.35. The highest BCUT2D eigenvalue weighted by atomic mass is 35.5. The van der Waals surface area contributed by atoms with Crippen LogP contribution in [0.1, 0.15) is 34.6 Å². The van der Waals surface area contributed by atoms with E-state index in [1.807, 2.05) is 0 Å². The predicted molar refractivity (Wildman–Crippen MR) is 98.5 cm³/mol. The van der Waals surface area contributed by atoms with Gasteiger partial charge in [0.15, 0.2) is 5.43 Å². The van der Waals surface area contributed by atoms with Crippen LogP contribution in [0.25, 0.3) is 11.0 Å². The van der Waals surface area contributed by atoms with Crippen LogP contribution in [0, 0.1) is 5.82 Å². The summed E-state index contributed by atoms with van der Waals surface area (Å²) in [7, 11) is 0. The van der Waals surface area contributed by atoms with E-state index in [1.165, 1.54) is 41.3 Å². The van der Waals surface area contributed by atoms with Gasteiger partial charge in [-0.2, -0.15) is 0 Å². The smallest absolute Gasteiger partial charge is 0.290 e. The van der Waals surface area contributed by atoms with Crippen molar-refractivity contribution in [3.8, 4) is 0 Å². The Morgan fingerprint density at radius 2 is 1.93 bits per heavy atom. The standard InChI is InChI=1S/C20H15ClFNO4/c1-10(24)9-23-17(11-2-5-13(22)6-3-11)16-18(25)14-8-12(21)4-7-15(14)27-19(16)20(23)26/h2-8,10,17,24H,9H2,1H3. The van der Waals surface area contributed by atoms with Crippen LogP contribution in [0.3, 0.4) is 0 Å². The summed E-state index contributed by atoms with van der Waals surface area (Å²) in [6, 6.07) is 9.38. The first-order valence-corrected chi connectivity index (χ1v) is 8.75. The van der Waals surface area contributed by atoms with Crippen LogP contribution < -0.4 is 5.43 Å². The summed E-state index contributed by atoms with van der Waals surface area (Å²) in [5.74, 6) is -0.985. The molecule has 0 saturated carbocycles. The van der Waals surface area contributed by atoms with Crippen LogP contribution in [-0.4, -0.2) is 28.6 Å². The molecule has 2 heterocycles. The maximum Gasteiger partial charge on any atom is 0.290 e. The zero-order valence-electron chi connectivity index (χ0n) is 14.3. The van der Waals surface area contributed by atoms with Crippen molar-refractivity contribution in [3.63, 3.8) is 0 Å². The van der Waals surface area contributed by atoms with Gasteiger partial charge in [-0.3, -0.25) is 9.59 Å². The lowest BCUT2D eigenvalue weighted by Gasteiger charge is -2.26. The molecule has 0 bridgehead atoms. The fourth-order valence-electron chi connectivity index (χ4n) is 3.46. The summed E-state index contributed by atoms with van der Waals surface area (Å²) >= 11 is 6.01. The number of hydrogen-bond acceptors (Lipinski definition) is 4. The molecule has 2 aromatic carbocycles. The normalized spacial score (nSPS) is 17.4. The molecule has 27 heavy (non-hydrogen) atoms. The molecule has 7 heteroatoms. The molecule has 1 aromatic heterocycles. The lowest BCUT2D eigenvalue weighted by atomic mass is 9.98. The molecular formula is C20H15ClFNO4. The molecule has 1 aliphatic rings. The number of amides is 1. The number of hydrogen-bond donors (Lipinski definition) is 1. The minimum absolute atomic E-state index is 0.00160. The molecule has 0 radical (unpaired) electrons. The number of aliphatic hydroxyl groups excluding tert-OH is 1. The van der Waals surface area contributed by atoms with Gasteiger partial charge >= 0.3 is 0 Å². The minimum atomic E-state index is -0.815. The fraction of sp³-hybridized carbons (Fsp3) is 0.200. The van der Waals surface area contributed by atoms with Crippen molar-refractivity contribution in [1.82, 2.24) is 4.90 Å². The third kappa shape index (κ3) is 2.91. The zero-order chi connectivity index (χ0) is 19.3. The number of β-amino-alcohol motifs (C(OH)–C–C–N with tert-alkyl or cyclic N) is 1. The predicted octanol–water partition coefficient (Wildman–Crippen LogP) is 3.51. The van der Waals surface area contributed by atoms with E-state index in [9.17, 15) is 19.1 Å². The molecule has 2 atom stereocenters. The topological polar surface area (TPSA) is 70.8 Å². The zero-order valence-corrected chi connectivity index (χ0v) is 15.0. The maximum atomic E-state index is 13.4. The van der Waals surface area contributed by atoms with Gasteiger partial charge in [-0.25, -0.2) is 4.39 Å². The maximum absolute atomic E-state index is 13.4. The Morgan fingerprint density at radius 1 is 1.22 bits per heavy atom. The van der Waals surface area contributed by atoms with E-state index < -0.39 is 23.9 Å². The van der Waals surface area contributed by atoms with E-state index in [1.54, 1.807) is 13.0 Å². The van der Waals surface area contributed by atoms with Crippen molar-refractivity contribution >= 4 is 28.5 Å². The fourth-order valence-corrected chi connectivity index (χ4v) is 3.63. The minimum Gasteiger partial charge on any atom is -0.450 e.